The molecule has 0 radical (unpaired) electrons. The molecule has 2 heterocycles. The fraction of sp³-hybridized carbons (Fsp3) is 0.423. The molecule has 31 heteroatoms. The molecule has 31 nitrogen and oxygen atoms in total. The minimum Gasteiger partial charge on any atom is -0.504 e. The van der Waals surface area contributed by atoms with Crippen molar-refractivity contribution in [3.63, 3.8) is 0 Å². The number of rotatable bonds is 27. The maximum absolute atomic E-state index is 12.3. The van der Waals surface area contributed by atoms with Crippen LogP contribution in [0.2, 0.25) is 0 Å². The number of nitrogens with one attached hydrogen (secondary N) is 7. The van der Waals surface area contributed by atoms with E-state index in [-0.39, 0.29) is 125 Å². The fourth-order valence-corrected chi connectivity index (χ4v) is 10.0. The third-order valence-electron chi connectivity index (χ3n) is 16.2. The molecular formula is C71H99N9O22. The highest BCUT2D eigenvalue weighted by atomic mass is 16.4. The molecule has 102 heavy (non-hydrogen) atoms. The van der Waals surface area contributed by atoms with Crippen LogP contribution in [0, 0.1) is 5.92 Å². The van der Waals surface area contributed by atoms with Crippen LogP contribution in [0.1, 0.15) is 119 Å². The Morgan fingerprint density at radius 3 is 1.27 bits per heavy atom. The smallest absolute Gasteiger partial charge is 0.236 e. The molecule has 2 aliphatic heterocycles. The van der Waals surface area contributed by atoms with Crippen molar-refractivity contribution in [2.24, 2.45) is 11.7 Å². The van der Waals surface area contributed by atoms with Crippen LogP contribution in [0.4, 0.5) is 0 Å². The lowest BCUT2D eigenvalue weighted by atomic mass is 9.97. The molecule has 24 N–H and O–H groups in total. The number of aryl methyl sites for hydroxylation is 1. The predicted octanol–water partition coefficient (Wildman–Crippen LogP) is 4.23. The number of Topliss-reactive ketones (excluding diaryl/α,β-unsaturated/α-hetero) is 1. The number of ketones is 1. The number of phenolic OH excluding ortho intramolecular Hbond substituents is 15. The van der Waals surface area contributed by atoms with Crippen LogP contribution >= 0.6 is 0 Å². The Labute approximate surface area is 590 Å². The van der Waals surface area contributed by atoms with Gasteiger partial charge in [-0.3, -0.25) is 33.6 Å². The van der Waals surface area contributed by atoms with Crippen molar-refractivity contribution in [2.45, 2.75) is 136 Å². The van der Waals surface area contributed by atoms with E-state index in [0.29, 0.717) is 118 Å². The zero-order valence-corrected chi connectivity index (χ0v) is 57.8. The van der Waals surface area contributed by atoms with Gasteiger partial charge in [0.05, 0.1) is 18.0 Å². The highest BCUT2D eigenvalue weighted by molar-refractivity contribution is 5.88. The molecule has 2 fully saturated rings. The minimum absolute atomic E-state index is 0.0270. The second kappa shape index (κ2) is 43.2. The Morgan fingerprint density at radius 2 is 0.892 bits per heavy atom. The van der Waals surface area contributed by atoms with E-state index in [1.807, 2.05) is 13.8 Å². The number of carbonyl (C=O) groups excluding carboxylic acids is 7. The largest absolute Gasteiger partial charge is 0.504 e. The first-order valence-electron chi connectivity index (χ1n) is 33.0. The van der Waals surface area contributed by atoms with Gasteiger partial charge in [0.1, 0.15) is 0 Å². The number of carbonyl (C=O) groups is 7. The first kappa shape index (κ1) is 84.9. The SMILES string of the molecule is C=C(C)NCCC(=O)NCCc1ccc(O)c(O)c1O.C=C1CCC(C(=O)NCCc2ccc(O)c(O)c2O)CN1.CC(=O)C1CCCCN1C(=O)CCCc1ccc(O)c(O)c1O.CC[C@H](N)C(=O)NCCc1ccc(O)c(O)c1O.CNC(=O)CCC(=O)NCCc1ccc(O)c(O)c1O. The van der Waals surface area contributed by atoms with Gasteiger partial charge in [-0.15, -0.1) is 0 Å². The number of hydrogen-bond acceptors (Lipinski definition) is 25. The molecule has 2 unspecified atom stereocenters. The number of nitrogens with zero attached hydrogens (tertiary/aromatic N) is 1. The summed E-state index contributed by atoms with van der Waals surface area (Å²) in [6.45, 7) is 15.6. The van der Waals surface area contributed by atoms with Crippen molar-refractivity contribution < 1.29 is 110 Å². The third-order valence-corrected chi connectivity index (χ3v) is 16.2. The molecule has 3 atom stereocenters. The Morgan fingerprint density at radius 1 is 0.500 bits per heavy atom. The first-order valence-corrected chi connectivity index (χ1v) is 33.0. The average molecular weight is 1430 g/mol. The standard InChI is InChI=1S/C17H23NO5.C15H20N2O4.C14H20N2O4.C13H18N2O5.C12H18N2O4/c1-11(19)13-6-2-3-10-18(13)15(21)7-4-5-12-8-9-14(20)17(23)16(12)22;1-9-2-3-11(8-17-9)15(21)16-7-6-10-4-5-12(18)14(20)13(10)19;1-9(2)15-8-6-12(18)16-7-5-10-3-4-11(17)14(20)13(10)19;1-14-10(17)4-5-11(18)15-7-6-8-2-3-9(16)13(20)12(8)19;1-2-8(13)12(18)14-6-5-7-3-4-9(15)11(17)10(7)16/h8-9,13,20,22-23H,2-7,10H2,1H3;4-5,11,17-20H,1-3,6-8H2,(H,16,21);3-4,15,17,19-20H,1,5-8H2,2H3,(H,16,18);2-3,16,19-20H,4-7H2,1H3,(H,14,17)(H,15,18);3-4,8,15-17H,2,5-6,13H2,1H3,(H,14,18)/t;;;;8-/m....0/s1. The molecular weight excluding hydrogens is 1330 g/mol. The summed E-state index contributed by atoms with van der Waals surface area (Å²) in [6.07, 6.45) is 7.84. The number of allylic oxidation sites excluding steroid dienone is 2. The lowest BCUT2D eigenvalue weighted by molar-refractivity contribution is -0.140. The van der Waals surface area contributed by atoms with Crippen LogP contribution in [0.3, 0.4) is 0 Å². The van der Waals surface area contributed by atoms with E-state index in [2.05, 4.69) is 50.4 Å². The van der Waals surface area contributed by atoms with Gasteiger partial charge in [0.25, 0.3) is 0 Å². The number of benzene rings is 5. The molecule has 0 aromatic heterocycles. The molecule has 5 aromatic rings. The Balaban J connectivity index is 0.000000332. The van der Waals surface area contributed by atoms with Gasteiger partial charge in [-0.1, -0.05) is 50.4 Å². The summed E-state index contributed by atoms with van der Waals surface area (Å²) in [5, 5.41) is 160. The highest BCUT2D eigenvalue weighted by Gasteiger charge is 2.30. The first-order chi connectivity index (χ1) is 48.2. The summed E-state index contributed by atoms with van der Waals surface area (Å²) >= 11 is 0. The van der Waals surface area contributed by atoms with E-state index in [9.17, 15) is 99.9 Å². The molecule has 5 aromatic carbocycles. The highest BCUT2D eigenvalue weighted by Crippen LogP contribution is 2.41. The summed E-state index contributed by atoms with van der Waals surface area (Å²) in [5.74, 6) is -7.43. The number of likely N-dealkylation sites (tertiary alicyclic amines) is 1. The van der Waals surface area contributed by atoms with Gasteiger partial charge in [-0.25, -0.2) is 0 Å². The van der Waals surface area contributed by atoms with Crippen LogP contribution in [0.5, 0.6) is 86.2 Å². The summed E-state index contributed by atoms with van der Waals surface area (Å²) in [5.41, 5.74) is 9.57. The van der Waals surface area contributed by atoms with Crippen molar-refractivity contribution in [1.82, 2.24) is 42.1 Å². The van der Waals surface area contributed by atoms with E-state index in [1.165, 1.54) is 74.6 Å². The third kappa shape index (κ3) is 28.1. The number of nitrogens with two attached hydrogens (primary N) is 1. The molecule has 0 aliphatic carbocycles. The lowest BCUT2D eigenvalue weighted by Crippen LogP contribution is -2.47. The minimum atomic E-state index is -0.576. The molecule has 560 valence electrons. The summed E-state index contributed by atoms with van der Waals surface area (Å²) in [4.78, 5) is 82.8. The van der Waals surface area contributed by atoms with Crippen molar-refractivity contribution in [2.75, 3.05) is 52.9 Å². The number of amides is 6. The maximum Gasteiger partial charge on any atom is 0.236 e. The van der Waals surface area contributed by atoms with Crippen LogP contribution in [-0.4, -0.2) is 188 Å². The summed E-state index contributed by atoms with van der Waals surface area (Å²) in [7, 11) is 1.50. The van der Waals surface area contributed by atoms with Crippen LogP contribution in [-0.2, 0) is 65.7 Å². The molecule has 2 aliphatic rings. The van der Waals surface area contributed by atoms with Crippen LogP contribution in [0.15, 0.2) is 85.2 Å². The lowest BCUT2D eigenvalue weighted by Gasteiger charge is -2.34. The Hall–Kier alpha value is -11.4. The molecule has 0 bridgehead atoms. The number of piperidine rings is 2. The van der Waals surface area contributed by atoms with Crippen LogP contribution < -0.4 is 43.0 Å². The molecule has 7 rings (SSSR count). The zero-order chi connectivity index (χ0) is 76.3. The van der Waals surface area contributed by atoms with Gasteiger partial charge in [0, 0.05) is 89.9 Å². The normalized spacial score (nSPS) is 13.9. The van der Waals surface area contributed by atoms with Gasteiger partial charge >= 0.3 is 0 Å². The number of hydrogen-bond donors (Lipinski definition) is 23. The topological polar surface area (TPSA) is 536 Å². The molecule has 2 saturated heterocycles. The van der Waals surface area contributed by atoms with E-state index in [0.717, 1.165) is 43.5 Å². The second-order valence-electron chi connectivity index (χ2n) is 23.9. The maximum atomic E-state index is 12.3. The number of phenols is 15. The van der Waals surface area contributed by atoms with E-state index in [4.69, 9.17) is 15.9 Å². The van der Waals surface area contributed by atoms with Gasteiger partial charge in [-0.2, -0.15) is 0 Å². The van der Waals surface area contributed by atoms with E-state index < -0.39 is 46.3 Å². The zero-order valence-electron chi connectivity index (χ0n) is 57.8. The summed E-state index contributed by atoms with van der Waals surface area (Å²) in [6, 6.07) is 13.1. The predicted molar refractivity (Wildman–Crippen MR) is 376 cm³/mol. The molecule has 6 amide bonds. The fourth-order valence-electron chi connectivity index (χ4n) is 10.0. The monoisotopic (exact) mass is 1430 g/mol. The summed E-state index contributed by atoms with van der Waals surface area (Å²) < 4.78 is 0. The second-order valence-corrected chi connectivity index (χ2v) is 23.9. The van der Waals surface area contributed by atoms with Crippen molar-refractivity contribution >= 4 is 41.2 Å². The molecule has 0 spiro atoms. The molecule has 0 saturated carbocycles. The van der Waals surface area contributed by atoms with Gasteiger partial charge < -0.3 is 124 Å². The quantitative estimate of drug-likeness (QED) is 0.0327. The van der Waals surface area contributed by atoms with Crippen LogP contribution in [0.25, 0.3) is 0 Å². The Bertz CT molecular complexity index is 3670. The van der Waals surface area contributed by atoms with E-state index in [1.54, 1.807) is 4.90 Å². The van der Waals surface area contributed by atoms with Gasteiger partial charge in [-0.05, 0) is 149 Å². The van der Waals surface area contributed by atoms with E-state index >= 15 is 0 Å². The average Bonchev–Trinajstić information content (AvgIpc) is 0.877. The van der Waals surface area contributed by atoms with Gasteiger partial charge in [0.2, 0.25) is 64.2 Å². The number of aromatic hydroxyl groups is 15. The van der Waals surface area contributed by atoms with Gasteiger partial charge in [0.15, 0.2) is 63.3 Å². The van der Waals surface area contributed by atoms with Crippen molar-refractivity contribution in [1.29, 1.82) is 0 Å². The van der Waals surface area contributed by atoms with Crippen molar-refractivity contribution in [3.8, 4) is 86.2 Å². The van der Waals surface area contributed by atoms with Crippen molar-refractivity contribution in [3.05, 3.63) is 113 Å². The Kier molecular flexibility index (Phi) is 36.0.